The standard InChI is InChI=1S/C36H42N8O6S/c1-5-13-43(33(45)19-39-35(47)49-3)21-31-37-17-27(41-31)25-9-7-24-16-26(10-8-23(24)15-25)29-11-12-30(51-29)28-18-38-32(42-28)22-44(14-6-2)34(46)20-40-36(48)50-4/h7-12,15-18H,5-6,13-14,19-22H2,1-4H3,(H,37,41)(H,38,42)(H,39,47)(H,40,48). The number of alkyl carbamates (subject to hydrolysis) is 2. The van der Waals surface area contributed by atoms with Crippen molar-refractivity contribution in [3.63, 3.8) is 0 Å². The Hall–Kier alpha value is -5.70. The van der Waals surface area contributed by atoms with E-state index in [1.54, 1.807) is 33.5 Å². The van der Waals surface area contributed by atoms with Crippen LogP contribution in [0.1, 0.15) is 38.3 Å². The molecule has 0 aliphatic heterocycles. The number of imidazole rings is 2. The lowest BCUT2D eigenvalue weighted by molar-refractivity contribution is -0.131. The second-order valence-corrected chi connectivity index (χ2v) is 12.8. The van der Waals surface area contributed by atoms with Crippen molar-refractivity contribution in [1.29, 1.82) is 0 Å². The van der Waals surface area contributed by atoms with Crippen LogP contribution in [-0.4, -0.2) is 94.1 Å². The van der Waals surface area contributed by atoms with Crippen molar-refractivity contribution >= 4 is 46.1 Å². The Morgan fingerprint density at radius 1 is 0.686 bits per heavy atom. The van der Waals surface area contributed by atoms with Gasteiger partial charge in [0.25, 0.3) is 0 Å². The maximum Gasteiger partial charge on any atom is 0.407 e. The number of nitrogens with one attached hydrogen (secondary N) is 4. The van der Waals surface area contributed by atoms with Crippen LogP contribution in [-0.2, 0) is 32.2 Å². The molecule has 15 heteroatoms. The van der Waals surface area contributed by atoms with Crippen LogP contribution in [0.25, 0.3) is 43.0 Å². The highest BCUT2D eigenvalue weighted by Crippen LogP contribution is 2.35. The van der Waals surface area contributed by atoms with Gasteiger partial charge in [-0.05, 0) is 53.4 Å². The van der Waals surface area contributed by atoms with Crippen LogP contribution in [0.3, 0.4) is 0 Å². The molecule has 3 aromatic heterocycles. The van der Waals surface area contributed by atoms with Crippen molar-refractivity contribution in [3.05, 3.63) is 72.6 Å². The molecule has 4 amide bonds. The predicted octanol–water partition coefficient (Wildman–Crippen LogP) is 5.54. The largest absolute Gasteiger partial charge is 0.453 e. The minimum atomic E-state index is -0.650. The molecule has 5 aromatic rings. The predicted molar refractivity (Wildman–Crippen MR) is 195 cm³/mol. The van der Waals surface area contributed by atoms with Gasteiger partial charge < -0.3 is 39.9 Å². The van der Waals surface area contributed by atoms with Gasteiger partial charge in [-0.15, -0.1) is 11.3 Å². The lowest BCUT2D eigenvalue weighted by Gasteiger charge is -2.21. The SMILES string of the molecule is CCCN(Cc1ncc(-c2ccc3cc(-c4ccc(-c5cnc(CN(CCC)C(=O)CNC(=O)OC)[nH]5)s4)ccc3c2)[nH]1)C(=O)CNC(=O)OC. The highest BCUT2D eigenvalue weighted by atomic mass is 32.1. The average Bonchev–Trinajstić information content (AvgIpc) is 3.93. The van der Waals surface area contributed by atoms with E-state index in [4.69, 9.17) is 0 Å². The maximum atomic E-state index is 12.7. The molecule has 51 heavy (non-hydrogen) atoms. The van der Waals surface area contributed by atoms with Crippen molar-refractivity contribution in [2.45, 2.75) is 39.8 Å². The third kappa shape index (κ3) is 9.51. The van der Waals surface area contributed by atoms with E-state index in [9.17, 15) is 19.2 Å². The molecule has 14 nitrogen and oxygen atoms in total. The number of carbonyl (C=O) groups excluding carboxylic acids is 4. The lowest BCUT2D eigenvalue weighted by atomic mass is 10.0. The fraction of sp³-hybridized carbons (Fsp3) is 0.333. The molecule has 0 atom stereocenters. The number of fused-ring (bicyclic) bond motifs is 1. The molecule has 0 bridgehead atoms. The summed E-state index contributed by atoms with van der Waals surface area (Å²) in [4.78, 5) is 69.3. The van der Waals surface area contributed by atoms with Gasteiger partial charge in [0, 0.05) is 23.5 Å². The first-order valence-electron chi connectivity index (χ1n) is 16.6. The number of carbonyl (C=O) groups is 4. The summed E-state index contributed by atoms with van der Waals surface area (Å²) < 4.78 is 9.12. The Balaban J connectivity index is 1.24. The number of nitrogens with zero attached hydrogens (tertiary/aromatic N) is 4. The van der Waals surface area contributed by atoms with E-state index < -0.39 is 12.2 Å². The van der Waals surface area contributed by atoms with Gasteiger partial charge in [0.15, 0.2) is 0 Å². The molecule has 0 radical (unpaired) electrons. The van der Waals surface area contributed by atoms with Crippen LogP contribution in [0.4, 0.5) is 9.59 Å². The van der Waals surface area contributed by atoms with Crippen molar-refractivity contribution in [3.8, 4) is 32.3 Å². The molecular weight excluding hydrogens is 673 g/mol. The highest BCUT2D eigenvalue weighted by molar-refractivity contribution is 7.18. The van der Waals surface area contributed by atoms with Gasteiger partial charge in [0.2, 0.25) is 11.8 Å². The Labute approximate surface area is 299 Å². The number of benzene rings is 2. The zero-order chi connectivity index (χ0) is 36.3. The fourth-order valence-electron chi connectivity index (χ4n) is 5.51. The summed E-state index contributed by atoms with van der Waals surface area (Å²) >= 11 is 1.65. The second kappa shape index (κ2) is 17.3. The Kier molecular flexibility index (Phi) is 12.4. The van der Waals surface area contributed by atoms with E-state index in [0.717, 1.165) is 55.9 Å². The fourth-order valence-corrected chi connectivity index (χ4v) is 6.48. The first-order valence-corrected chi connectivity index (χ1v) is 17.4. The number of hydrogen-bond acceptors (Lipinski definition) is 9. The van der Waals surface area contributed by atoms with E-state index in [-0.39, 0.29) is 24.9 Å². The van der Waals surface area contributed by atoms with Gasteiger partial charge in [0.1, 0.15) is 24.7 Å². The number of rotatable bonds is 15. The van der Waals surface area contributed by atoms with Gasteiger partial charge in [-0.25, -0.2) is 19.6 Å². The summed E-state index contributed by atoms with van der Waals surface area (Å²) in [6, 6.07) is 16.7. The number of methoxy groups -OCH3 is 2. The van der Waals surface area contributed by atoms with Gasteiger partial charge in [-0.3, -0.25) is 9.59 Å². The third-order valence-corrected chi connectivity index (χ3v) is 9.24. The summed E-state index contributed by atoms with van der Waals surface area (Å²) in [5.41, 5.74) is 3.77. The molecule has 0 aliphatic rings. The Morgan fingerprint density at radius 2 is 1.18 bits per heavy atom. The zero-order valence-electron chi connectivity index (χ0n) is 29.1. The molecule has 3 heterocycles. The van der Waals surface area contributed by atoms with Crippen LogP contribution < -0.4 is 10.6 Å². The number of aromatic nitrogens is 4. The van der Waals surface area contributed by atoms with Crippen molar-refractivity contribution in [2.75, 3.05) is 40.4 Å². The molecule has 268 valence electrons. The maximum absolute atomic E-state index is 12.7. The van der Waals surface area contributed by atoms with Crippen LogP contribution in [0.2, 0.25) is 0 Å². The van der Waals surface area contributed by atoms with Gasteiger partial charge in [-0.1, -0.05) is 38.1 Å². The van der Waals surface area contributed by atoms with Crippen LogP contribution in [0.5, 0.6) is 0 Å². The van der Waals surface area contributed by atoms with E-state index >= 15 is 0 Å². The summed E-state index contributed by atoms with van der Waals surface area (Å²) in [5.74, 6) is 0.874. The van der Waals surface area contributed by atoms with Gasteiger partial charge in [-0.2, -0.15) is 0 Å². The van der Waals surface area contributed by atoms with Crippen LogP contribution in [0.15, 0.2) is 60.9 Å². The van der Waals surface area contributed by atoms with Crippen molar-refractivity contribution in [1.82, 2.24) is 40.4 Å². The molecule has 0 saturated heterocycles. The molecule has 0 aliphatic carbocycles. The van der Waals surface area contributed by atoms with Gasteiger partial charge >= 0.3 is 12.2 Å². The zero-order valence-corrected chi connectivity index (χ0v) is 29.9. The highest BCUT2D eigenvalue weighted by Gasteiger charge is 2.18. The summed E-state index contributed by atoms with van der Waals surface area (Å²) in [5, 5.41) is 7.05. The quantitative estimate of drug-likeness (QED) is 0.109. The molecule has 0 spiro atoms. The van der Waals surface area contributed by atoms with E-state index in [1.165, 1.54) is 14.2 Å². The minimum absolute atomic E-state index is 0.146. The number of hydrogen-bond donors (Lipinski definition) is 4. The van der Waals surface area contributed by atoms with E-state index in [1.807, 2.05) is 19.9 Å². The Morgan fingerprint density at radius 3 is 1.73 bits per heavy atom. The molecule has 0 saturated carbocycles. The summed E-state index contributed by atoms with van der Waals surface area (Å²) in [7, 11) is 2.51. The molecule has 2 aromatic carbocycles. The smallest absolute Gasteiger partial charge is 0.407 e. The van der Waals surface area contributed by atoms with E-state index in [0.29, 0.717) is 37.8 Å². The molecule has 5 rings (SSSR count). The van der Waals surface area contributed by atoms with Crippen molar-refractivity contribution < 1.29 is 28.7 Å². The Bertz CT molecular complexity index is 1980. The second-order valence-electron chi connectivity index (χ2n) is 11.7. The van der Waals surface area contributed by atoms with Gasteiger partial charge in [0.05, 0.1) is 56.0 Å². The number of aromatic amines is 2. The summed E-state index contributed by atoms with van der Waals surface area (Å²) in [6.45, 7) is 5.34. The number of amides is 4. The normalized spacial score (nSPS) is 10.9. The van der Waals surface area contributed by atoms with Crippen LogP contribution in [0, 0.1) is 0 Å². The number of thiophene rings is 1. The monoisotopic (exact) mass is 714 g/mol. The van der Waals surface area contributed by atoms with Crippen molar-refractivity contribution in [2.24, 2.45) is 0 Å². The average molecular weight is 715 g/mol. The lowest BCUT2D eigenvalue weighted by Crippen LogP contribution is -2.40. The number of H-pyrrole nitrogens is 2. The van der Waals surface area contributed by atoms with Crippen LogP contribution >= 0.6 is 11.3 Å². The molecule has 0 unspecified atom stereocenters. The molecular formula is C36H42N8O6S. The number of ether oxygens (including phenoxy) is 2. The van der Waals surface area contributed by atoms with E-state index in [2.05, 4.69) is 82.5 Å². The first-order chi connectivity index (χ1) is 24.7. The topological polar surface area (TPSA) is 175 Å². The minimum Gasteiger partial charge on any atom is -0.453 e. The summed E-state index contributed by atoms with van der Waals surface area (Å²) in [6.07, 6.45) is 3.78. The first kappa shape index (κ1) is 36.6. The third-order valence-electron chi connectivity index (χ3n) is 8.08. The molecule has 4 N–H and O–H groups in total. The molecule has 0 fully saturated rings.